The van der Waals surface area contributed by atoms with E-state index >= 15 is 0 Å². The molecule has 0 spiro atoms. The van der Waals surface area contributed by atoms with Crippen LogP contribution in [0.4, 0.5) is 0 Å². The van der Waals surface area contributed by atoms with Gasteiger partial charge in [0.05, 0.1) is 13.2 Å². The lowest BCUT2D eigenvalue weighted by atomic mass is 9.98. The number of hydrogen-bond donors (Lipinski definition) is 1. The zero-order valence-electron chi connectivity index (χ0n) is 9.45. The fourth-order valence-corrected chi connectivity index (χ4v) is 2.01. The standard InChI is InChI=1S/C12H18N2O2/c1-2-6-14(8-10-3-4-10)11(15)12(13)5-7-16-9-12/h1,10H,3-9,13H2. The van der Waals surface area contributed by atoms with E-state index in [0.717, 1.165) is 6.54 Å². The molecule has 2 N–H and O–H groups in total. The first-order chi connectivity index (χ1) is 7.65. The van der Waals surface area contributed by atoms with Gasteiger partial charge in [0.25, 0.3) is 0 Å². The van der Waals surface area contributed by atoms with Crippen LogP contribution < -0.4 is 5.73 Å². The number of ether oxygens (including phenoxy) is 1. The average molecular weight is 222 g/mol. The van der Waals surface area contributed by atoms with E-state index in [1.165, 1.54) is 12.8 Å². The monoisotopic (exact) mass is 222 g/mol. The molecule has 1 unspecified atom stereocenters. The Hall–Kier alpha value is -1.05. The third-order valence-electron chi connectivity index (χ3n) is 3.22. The smallest absolute Gasteiger partial charge is 0.245 e. The van der Waals surface area contributed by atoms with Crippen LogP contribution in [0.1, 0.15) is 19.3 Å². The van der Waals surface area contributed by atoms with Crippen LogP contribution in [0.25, 0.3) is 0 Å². The fourth-order valence-electron chi connectivity index (χ4n) is 2.01. The normalized spacial score (nSPS) is 28.8. The number of rotatable bonds is 4. The van der Waals surface area contributed by atoms with Crippen LogP contribution in [-0.2, 0) is 9.53 Å². The minimum absolute atomic E-state index is 0.0464. The average Bonchev–Trinajstić information content (AvgIpc) is 2.97. The second kappa shape index (κ2) is 4.44. The summed E-state index contributed by atoms with van der Waals surface area (Å²) >= 11 is 0. The van der Waals surface area contributed by atoms with Crippen LogP contribution in [-0.4, -0.2) is 42.6 Å². The van der Waals surface area contributed by atoms with Crippen molar-refractivity contribution >= 4 is 5.91 Å². The molecule has 1 aliphatic heterocycles. The first-order valence-electron chi connectivity index (χ1n) is 5.75. The molecule has 4 nitrogen and oxygen atoms in total. The predicted molar refractivity (Wildman–Crippen MR) is 60.5 cm³/mol. The Balaban J connectivity index is 2.00. The van der Waals surface area contributed by atoms with Gasteiger partial charge in [0.2, 0.25) is 5.91 Å². The molecule has 0 aromatic heterocycles. The van der Waals surface area contributed by atoms with Crippen molar-refractivity contribution in [1.29, 1.82) is 0 Å². The lowest BCUT2D eigenvalue weighted by Gasteiger charge is -2.29. The zero-order chi connectivity index (χ0) is 11.6. The van der Waals surface area contributed by atoms with Crippen molar-refractivity contribution in [2.24, 2.45) is 11.7 Å². The van der Waals surface area contributed by atoms with Crippen molar-refractivity contribution < 1.29 is 9.53 Å². The van der Waals surface area contributed by atoms with Crippen LogP contribution in [0, 0.1) is 18.3 Å². The molecule has 1 atom stereocenters. The highest BCUT2D eigenvalue weighted by molar-refractivity contribution is 5.87. The Kier molecular flexibility index (Phi) is 3.17. The number of carbonyl (C=O) groups excluding carboxylic acids is 1. The van der Waals surface area contributed by atoms with Gasteiger partial charge in [0.15, 0.2) is 0 Å². The highest BCUT2D eigenvalue weighted by Crippen LogP contribution is 2.30. The summed E-state index contributed by atoms with van der Waals surface area (Å²) in [7, 11) is 0. The van der Waals surface area contributed by atoms with E-state index in [-0.39, 0.29) is 5.91 Å². The van der Waals surface area contributed by atoms with Crippen LogP contribution in [0.15, 0.2) is 0 Å². The minimum Gasteiger partial charge on any atom is -0.379 e. The van der Waals surface area contributed by atoms with Gasteiger partial charge < -0.3 is 15.4 Å². The molecule has 2 rings (SSSR count). The van der Waals surface area contributed by atoms with Crippen LogP contribution in [0.2, 0.25) is 0 Å². The van der Waals surface area contributed by atoms with E-state index < -0.39 is 5.54 Å². The van der Waals surface area contributed by atoms with Gasteiger partial charge in [-0.15, -0.1) is 6.42 Å². The Bertz CT molecular complexity index is 311. The number of nitrogens with zero attached hydrogens (tertiary/aromatic N) is 1. The molecule has 88 valence electrons. The quantitative estimate of drug-likeness (QED) is 0.680. The molecule has 1 heterocycles. The van der Waals surface area contributed by atoms with E-state index in [2.05, 4.69) is 5.92 Å². The fraction of sp³-hybridized carbons (Fsp3) is 0.750. The molecule has 16 heavy (non-hydrogen) atoms. The molecule has 1 saturated heterocycles. The molecule has 2 fully saturated rings. The Morgan fingerprint density at radius 3 is 2.88 bits per heavy atom. The Morgan fingerprint density at radius 1 is 1.62 bits per heavy atom. The minimum atomic E-state index is -0.842. The third kappa shape index (κ3) is 2.37. The molecule has 2 aliphatic rings. The topological polar surface area (TPSA) is 55.6 Å². The Morgan fingerprint density at radius 2 is 2.38 bits per heavy atom. The van der Waals surface area contributed by atoms with Crippen LogP contribution >= 0.6 is 0 Å². The van der Waals surface area contributed by atoms with Crippen LogP contribution in [0.3, 0.4) is 0 Å². The molecular formula is C12H18N2O2. The molecule has 1 saturated carbocycles. The van der Waals surface area contributed by atoms with Crippen LogP contribution in [0.5, 0.6) is 0 Å². The number of amides is 1. The summed E-state index contributed by atoms with van der Waals surface area (Å²) in [6.45, 7) is 1.99. The molecule has 0 radical (unpaired) electrons. The van der Waals surface area contributed by atoms with Gasteiger partial charge in [-0.1, -0.05) is 5.92 Å². The summed E-state index contributed by atoms with van der Waals surface area (Å²) in [5.74, 6) is 3.11. The predicted octanol–water partition coefficient (Wildman–Crippen LogP) is -0.0240. The zero-order valence-corrected chi connectivity index (χ0v) is 9.45. The maximum absolute atomic E-state index is 12.2. The largest absolute Gasteiger partial charge is 0.379 e. The summed E-state index contributed by atoms with van der Waals surface area (Å²) < 4.78 is 5.21. The van der Waals surface area contributed by atoms with Gasteiger partial charge in [-0.05, 0) is 25.2 Å². The van der Waals surface area contributed by atoms with Crippen molar-refractivity contribution in [3.05, 3.63) is 0 Å². The first kappa shape index (κ1) is 11.4. The second-order valence-electron chi connectivity index (χ2n) is 4.79. The Labute approximate surface area is 96.1 Å². The molecular weight excluding hydrogens is 204 g/mol. The van der Waals surface area contributed by atoms with Gasteiger partial charge in [-0.2, -0.15) is 0 Å². The van der Waals surface area contributed by atoms with Gasteiger partial charge in [0.1, 0.15) is 5.54 Å². The summed E-state index contributed by atoms with van der Waals surface area (Å²) in [5, 5.41) is 0. The lowest BCUT2D eigenvalue weighted by Crippen LogP contribution is -2.56. The van der Waals surface area contributed by atoms with Gasteiger partial charge in [0, 0.05) is 13.2 Å². The third-order valence-corrected chi connectivity index (χ3v) is 3.22. The van der Waals surface area contributed by atoms with E-state index in [4.69, 9.17) is 16.9 Å². The van der Waals surface area contributed by atoms with Gasteiger partial charge in [-0.25, -0.2) is 0 Å². The number of nitrogens with two attached hydrogens (primary N) is 1. The molecule has 1 amide bonds. The number of carbonyl (C=O) groups is 1. The molecule has 1 aliphatic carbocycles. The maximum atomic E-state index is 12.2. The molecule has 4 heteroatoms. The lowest BCUT2D eigenvalue weighted by molar-refractivity contribution is -0.136. The van der Waals surface area contributed by atoms with Gasteiger partial charge >= 0.3 is 0 Å². The maximum Gasteiger partial charge on any atom is 0.245 e. The molecule has 0 aromatic rings. The van der Waals surface area contributed by atoms with Crippen molar-refractivity contribution in [2.75, 3.05) is 26.3 Å². The summed E-state index contributed by atoms with van der Waals surface area (Å²) in [5.41, 5.74) is 5.20. The SMILES string of the molecule is C#CCN(CC1CC1)C(=O)C1(N)CCOC1. The summed E-state index contributed by atoms with van der Waals surface area (Å²) in [6, 6.07) is 0. The molecule has 0 aromatic carbocycles. The van der Waals surface area contributed by atoms with E-state index in [1.807, 2.05) is 0 Å². The summed E-state index contributed by atoms with van der Waals surface area (Å²) in [6.07, 6.45) is 8.28. The van der Waals surface area contributed by atoms with E-state index in [0.29, 0.717) is 32.1 Å². The number of hydrogen-bond acceptors (Lipinski definition) is 3. The van der Waals surface area contributed by atoms with Crippen molar-refractivity contribution in [3.8, 4) is 12.3 Å². The van der Waals surface area contributed by atoms with Gasteiger partial charge in [-0.3, -0.25) is 4.79 Å². The van der Waals surface area contributed by atoms with E-state index in [9.17, 15) is 4.79 Å². The van der Waals surface area contributed by atoms with Crippen molar-refractivity contribution in [1.82, 2.24) is 4.90 Å². The molecule has 0 bridgehead atoms. The van der Waals surface area contributed by atoms with Crippen molar-refractivity contribution in [2.45, 2.75) is 24.8 Å². The highest BCUT2D eigenvalue weighted by atomic mass is 16.5. The number of terminal acetylenes is 1. The van der Waals surface area contributed by atoms with Crippen molar-refractivity contribution in [3.63, 3.8) is 0 Å². The first-order valence-corrected chi connectivity index (χ1v) is 5.75. The second-order valence-corrected chi connectivity index (χ2v) is 4.79. The highest BCUT2D eigenvalue weighted by Gasteiger charge is 2.42. The van der Waals surface area contributed by atoms with E-state index in [1.54, 1.807) is 4.90 Å². The summed E-state index contributed by atoms with van der Waals surface area (Å²) in [4.78, 5) is 14.0.